The Morgan fingerprint density at radius 3 is 2.85 bits per heavy atom. The number of benzene rings is 1. The van der Waals surface area contributed by atoms with Crippen LogP contribution in [0, 0.1) is 12.3 Å². The number of rotatable bonds is 6. The number of thioether (sulfide) groups is 1. The van der Waals surface area contributed by atoms with Crippen LogP contribution in [-0.2, 0) is 11.4 Å². The lowest BCUT2D eigenvalue weighted by molar-refractivity contribution is -0.114. The number of ether oxygens (including phenoxy) is 2. The fourth-order valence-electron chi connectivity index (χ4n) is 3.28. The van der Waals surface area contributed by atoms with Crippen molar-refractivity contribution in [3.63, 3.8) is 0 Å². The Bertz CT molecular complexity index is 1490. The van der Waals surface area contributed by atoms with Crippen molar-refractivity contribution in [2.45, 2.75) is 20.5 Å². The molecule has 34 heavy (non-hydrogen) atoms. The largest absolute Gasteiger partial charge is 0.490 e. The van der Waals surface area contributed by atoms with E-state index in [4.69, 9.17) is 14.9 Å². The van der Waals surface area contributed by atoms with Crippen LogP contribution in [0.15, 0.2) is 44.7 Å². The molecule has 0 bridgehead atoms. The summed E-state index contributed by atoms with van der Waals surface area (Å²) < 4.78 is 12.9. The summed E-state index contributed by atoms with van der Waals surface area (Å²) in [5.41, 5.74) is 2.49. The number of aryl methyl sites for hydroxylation is 1. The minimum absolute atomic E-state index is 0.0411. The molecule has 2 aromatic heterocycles. The SMILES string of the molecule is CCOc1cc(/C=C2\C(=N)N3N=CSC3=NC2=O)ccc1OCc1cc(=O)n2nc(C)sc2n1. The van der Waals surface area contributed by atoms with E-state index in [0.29, 0.717) is 39.5 Å². The average molecular weight is 496 g/mol. The molecule has 5 rings (SSSR count). The van der Waals surface area contributed by atoms with E-state index in [1.165, 1.54) is 44.2 Å². The summed E-state index contributed by atoms with van der Waals surface area (Å²) in [7, 11) is 0. The standard InChI is InChI=1S/C21H17N7O4S2/c1-3-31-16-7-12(6-14-18(22)28-20(25-19(14)30)33-10-23-28)4-5-15(16)32-9-13-8-17(29)27-21(24-13)34-11(2)26-27/h4-8,10,22H,3,9H2,1-2H3/b14-6+,22-18?. The Labute approximate surface area is 200 Å². The normalized spacial score (nSPS) is 16.4. The van der Waals surface area contributed by atoms with Crippen LogP contribution in [0.3, 0.4) is 0 Å². The molecule has 0 spiro atoms. The molecule has 2 aliphatic rings. The molecule has 0 atom stereocenters. The summed E-state index contributed by atoms with van der Waals surface area (Å²) in [6.07, 6.45) is 1.57. The highest BCUT2D eigenvalue weighted by Gasteiger charge is 2.32. The van der Waals surface area contributed by atoms with Gasteiger partial charge in [0.1, 0.15) is 11.6 Å². The molecule has 0 radical (unpaired) electrons. The number of amides is 1. The van der Waals surface area contributed by atoms with Crippen LogP contribution in [0.5, 0.6) is 11.5 Å². The van der Waals surface area contributed by atoms with Gasteiger partial charge in [0.15, 0.2) is 22.5 Å². The Balaban J connectivity index is 1.40. The number of carbonyl (C=O) groups is 1. The van der Waals surface area contributed by atoms with E-state index in [1.807, 2.05) is 13.8 Å². The molecule has 0 saturated carbocycles. The van der Waals surface area contributed by atoms with Crippen LogP contribution in [0.2, 0.25) is 0 Å². The number of hydrazone groups is 1. The van der Waals surface area contributed by atoms with Crippen LogP contribution in [0.25, 0.3) is 11.0 Å². The highest BCUT2D eigenvalue weighted by molar-refractivity contribution is 8.25. The van der Waals surface area contributed by atoms with Gasteiger partial charge in [-0.1, -0.05) is 17.4 Å². The number of hydrogen-bond acceptors (Lipinski definition) is 10. The Kier molecular flexibility index (Phi) is 5.71. The van der Waals surface area contributed by atoms with Gasteiger partial charge in [-0.15, -0.1) is 0 Å². The second-order valence-corrected chi connectivity index (χ2v) is 9.06. The third-order valence-electron chi connectivity index (χ3n) is 4.75. The van der Waals surface area contributed by atoms with Gasteiger partial charge in [0.05, 0.1) is 23.4 Å². The van der Waals surface area contributed by atoms with Gasteiger partial charge >= 0.3 is 0 Å². The molecule has 0 unspecified atom stereocenters. The van der Waals surface area contributed by atoms with Crippen LogP contribution in [-0.4, -0.2) is 48.7 Å². The molecule has 0 fully saturated rings. The predicted octanol–water partition coefficient (Wildman–Crippen LogP) is 2.69. The topological polar surface area (TPSA) is 135 Å². The highest BCUT2D eigenvalue weighted by Crippen LogP contribution is 2.31. The molecule has 1 amide bonds. The molecule has 2 aliphatic heterocycles. The summed E-state index contributed by atoms with van der Waals surface area (Å²) in [4.78, 5) is 33.6. The van der Waals surface area contributed by atoms with Crippen LogP contribution < -0.4 is 15.0 Å². The third kappa shape index (κ3) is 4.10. The van der Waals surface area contributed by atoms with Crippen molar-refractivity contribution in [3.05, 3.63) is 56.5 Å². The second-order valence-electron chi connectivity index (χ2n) is 7.09. The maximum atomic E-state index is 12.4. The minimum atomic E-state index is -0.501. The van der Waals surface area contributed by atoms with Gasteiger partial charge in [0.25, 0.3) is 11.5 Å². The van der Waals surface area contributed by atoms with Gasteiger partial charge in [0, 0.05) is 6.07 Å². The van der Waals surface area contributed by atoms with E-state index in [-0.39, 0.29) is 23.6 Å². The molecule has 172 valence electrons. The quantitative estimate of drug-likeness (QED) is 0.516. The molecule has 3 aromatic rings. The highest BCUT2D eigenvalue weighted by atomic mass is 32.2. The lowest BCUT2D eigenvalue weighted by Crippen LogP contribution is -2.35. The molecular formula is C21H17N7O4S2. The van der Waals surface area contributed by atoms with E-state index < -0.39 is 5.91 Å². The summed E-state index contributed by atoms with van der Waals surface area (Å²) in [6, 6.07) is 6.55. The first-order valence-electron chi connectivity index (χ1n) is 10.1. The number of hydrogen-bond donors (Lipinski definition) is 1. The van der Waals surface area contributed by atoms with Gasteiger partial charge in [-0.25, -0.2) is 4.98 Å². The number of fused-ring (bicyclic) bond motifs is 2. The lowest BCUT2D eigenvalue weighted by atomic mass is 10.1. The molecule has 4 heterocycles. The van der Waals surface area contributed by atoms with Gasteiger partial charge < -0.3 is 9.47 Å². The first-order valence-corrected chi connectivity index (χ1v) is 11.8. The van der Waals surface area contributed by atoms with Crippen LogP contribution in [0.4, 0.5) is 0 Å². The van der Waals surface area contributed by atoms with Crippen molar-refractivity contribution in [1.82, 2.24) is 19.6 Å². The zero-order valence-electron chi connectivity index (χ0n) is 18.0. The van der Waals surface area contributed by atoms with Crippen molar-refractivity contribution < 1.29 is 14.3 Å². The third-order valence-corrected chi connectivity index (χ3v) is 6.25. The monoisotopic (exact) mass is 495 g/mol. The summed E-state index contributed by atoms with van der Waals surface area (Å²) in [5.74, 6) is 0.369. The number of aliphatic imine (C=N–C) groups is 1. The maximum Gasteiger partial charge on any atom is 0.283 e. The Morgan fingerprint density at radius 1 is 1.18 bits per heavy atom. The minimum Gasteiger partial charge on any atom is -0.490 e. The fraction of sp³-hybridized carbons (Fsp3) is 0.190. The van der Waals surface area contributed by atoms with Gasteiger partial charge in [0.2, 0.25) is 4.96 Å². The number of nitrogens with zero attached hydrogens (tertiary/aromatic N) is 6. The van der Waals surface area contributed by atoms with Crippen molar-refractivity contribution in [2.75, 3.05) is 6.61 Å². The molecule has 0 aliphatic carbocycles. The second kappa shape index (κ2) is 8.83. The van der Waals surface area contributed by atoms with Crippen molar-refractivity contribution >= 4 is 56.6 Å². The average Bonchev–Trinajstić information content (AvgIpc) is 3.42. The first kappa shape index (κ1) is 22.0. The van der Waals surface area contributed by atoms with E-state index in [9.17, 15) is 9.59 Å². The van der Waals surface area contributed by atoms with E-state index in [2.05, 4.69) is 20.2 Å². The Morgan fingerprint density at radius 2 is 2.03 bits per heavy atom. The summed E-state index contributed by atoms with van der Waals surface area (Å²) in [6.45, 7) is 4.11. The van der Waals surface area contributed by atoms with Crippen LogP contribution in [0.1, 0.15) is 23.2 Å². The zero-order valence-corrected chi connectivity index (χ0v) is 19.6. The fourth-order valence-corrected chi connectivity index (χ4v) is 4.66. The number of aromatic nitrogens is 3. The van der Waals surface area contributed by atoms with Crippen molar-refractivity contribution in [1.29, 1.82) is 5.41 Å². The smallest absolute Gasteiger partial charge is 0.283 e. The van der Waals surface area contributed by atoms with E-state index in [1.54, 1.807) is 24.3 Å². The van der Waals surface area contributed by atoms with E-state index >= 15 is 0 Å². The lowest BCUT2D eigenvalue weighted by Gasteiger charge is -2.20. The number of nitrogens with one attached hydrogen (secondary N) is 1. The number of carbonyl (C=O) groups excluding carboxylic acids is 1. The van der Waals surface area contributed by atoms with E-state index in [0.717, 1.165) is 5.01 Å². The molecule has 1 N–H and O–H groups in total. The molecule has 13 heteroatoms. The molecule has 1 aromatic carbocycles. The van der Waals surface area contributed by atoms with Gasteiger partial charge in [-0.3, -0.25) is 15.0 Å². The van der Waals surface area contributed by atoms with Gasteiger partial charge in [-0.05, 0) is 49.4 Å². The first-order chi connectivity index (χ1) is 16.4. The van der Waals surface area contributed by atoms with Crippen LogP contribution >= 0.6 is 23.1 Å². The van der Waals surface area contributed by atoms with Crippen molar-refractivity contribution in [3.8, 4) is 11.5 Å². The molecule has 0 saturated heterocycles. The molecular weight excluding hydrogens is 478 g/mol. The summed E-state index contributed by atoms with van der Waals surface area (Å²) >= 11 is 2.51. The maximum absolute atomic E-state index is 12.4. The zero-order chi connectivity index (χ0) is 23.8. The van der Waals surface area contributed by atoms with Gasteiger partial charge in [-0.2, -0.15) is 24.7 Å². The predicted molar refractivity (Wildman–Crippen MR) is 130 cm³/mol. The summed E-state index contributed by atoms with van der Waals surface area (Å²) in [5, 5.41) is 18.9. The Hall–Kier alpha value is -3.84. The van der Waals surface area contributed by atoms with Crippen molar-refractivity contribution in [2.24, 2.45) is 10.1 Å². The molecule has 11 nitrogen and oxygen atoms in total. The number of amidine groups is 2.